The second-order valence-corrected chi connectivity index (χ2v) is 4.94. The predicted molar refractivity (Wildman–Crippen MR) is 83.0 cm³/mol. The highest BCUT2D eigenvalue weighted by Gasteiger charge is 1.99. The van der Waals surface area contributed by atoms with E-state index in [1.165, 1.54) is 25.7 Å². The van der Waals surface area contributed by atoms with Crippen molar-refractivity contribution in [2.24, 2.45) is 0 Å². The summed E-state index contributed by atoms with van der Waals surface area (Å²) in [6.45, 7) is 5.08. The van der Waals surface area contributed by atoms with Gasteiger partial charge in [-0.1, -0.05) is 44.4 Å². The monoisotopic (exact) mass is 278 g/mol. The Morgan fingerprint density at radius 1 is 1.16 bits per heavy atom. The number of hydrogen-bond acceptors (Lipinski definition) is 1. The average Bonchev–Trinajstić information content (AvgIpc) is 2.42. The summed E-state index contributed by atoms with van der Waals surface area (Å²) in [5.41, 5.74) is 2.16. The molecular weight excluding hydrogens is 256 g/mol. The van der Waals surface area contributed by atoms with Gasteiger partial charge in [-0.05, 0) is 37.1 Å². The zero-order valence-electron chi connectivity index (χ0n) is 12.0. The molecule has 0 bridgehead atoms. The van der Waals surface area contributed by atoms with Gasteiger partial charge in [-0.25, -0.2) is 0 Å². The van der Waals surface area contributed by atoms with Crippen LogP contribution in [-0.2, 0) is 0 Å². The van der Waals surface area contributed by atoms with Crippen LogP contribution in [0, 0.1) is 18.8 Å². The van der Waals surface area contributed by atoms with Crippen LogP contribution in [0.5, 0.6) is 5.75 Å². The summed E-state index contributed by atoms with van der Waals surface area (Å²) in [6.07, 6.45) is 6.31. The first kappa shape index (κ1) is 15.9. The fraction of sp³-hybridized carbons (Fsp3) is 0.529. The van der Waals surface area contributed by atoms with Crippen LogP contribution < -0.4 is 4.74 Å². The number of aryl methyl sites for hydroxylation is 1. The van der Waals surface area contributed by atoms with Gasteiger partial charge in [-0.15, -0.1) is 11.6 Å². The minimum Gasteiger partial charge on any atom is -0.494 e. The average molecular weight is 279 g/mol. The highest BCUT2D eigenvalue weighted by Crippen LogP contribution is 2.17. The summed E-state index contributed by atoms with van der Waals surface area (Å²) >= 11 is 5.56. The Kier molecular flexibility index (Phi) is 8.18. The summed E-state index contributed by atoms with van der Waals surface area (Å²) < 4.78 is 5.75. The smallest absolute Gasteiger partial charge is 0.119 e. The van der Waals surface area contributed by atoms with E-state index < -0.39 is 0 Å². The topological polar surface area (TPSA) is 9.23 Å². The molecule has 19 heavy (non-hydrogen) atoms. The van der Waals surface area contributed by atoms with Crippen molar-refractivity contribution in [3.63, 3.8) is 0 Å². The third-order valence-electron chi connectivity index (χ3n) is 3.00. The Morgan fingerprint density at radius 3 is 2.63 bits per heavy atom. The maximum Gasteiger partial charge on any atom is 0.119 e. The van der Waals surface area contributed by atoms with Crippen molar-refractivity contribution < 1.29 is 4.74 Å². The maximum atomic E-state index is 5.75. The van der Waals surface area contributed by atoms with Crippen LogP contribution in [0.4, 0.5) is 0 Å². The zero-order chi connectivity index (χ0) is 13.9. The number of ether oxygens (including phenoxy) is 1. The number of rotatable bonds is 7. The third-order valence-corrected chi connectivity index (χ3v) is 3.14. The van der Waals surface area contributed by atoms with E-state index in [4.69, 9.17) is 16.3 Å². The number of halogens is 1. The molecule has 0 spiro atoms. The van der Waals surface area contributed by atoms with Crippen LogP contribution in [0.25, 0.3) is 0 Å². The molecule has 1 aromatic carbocycles. The molecule has 0 radical (unpaired) electrons. The van der Waals surface area contributed by atoms with Gasteiger partial charge in [-0.3, -0.25) is 0 Å². The Labute approximate surface area is 122 Å². The first-order chi connectivity index (χ1) is 9.27. The summed E-state index contributed by atoms with van der Waals surface area (Å²) in [7, 11) is 0. The second kappa shape index (κ2) is 9.75. The van der Waals surface area contributed by atoms with E-state index in [-0.39, 0.29) is 0 Å². The third kappa shape index (κ3) is 6.55. The molecule has 0 aliphatic carbocycles. The summed E-state index contributed by atoms with van der Waals surface area (Å²) in [4.78, 5) is 0. The summed E-state index contributed by atoms with van der Waals surface area (Å²) in [5.74, 6) is 7.22. The zero-order valence-corrected chi connectivity index (χ0v) is 12.7. The molecular formula is C17H23ClO. The van der Waals surface area contributed by atoms with Gasteiger partial charge in [-0.2, -0.15) is 0 Å². The Morgan fingerprint density at radius 2 is 1.95 bits per heavy atom. The van der Waals surface area contributed by atoms with E-state index in [1.54, 1.807) is 0 Å². The Balaban J connectivity index is 2.37. The van der Waals surface area contributed by atoms with Crippen molar-refractivity contribution >= 4 is 11.6 Å². The van der Waals surface area contributed by atoms with Gasteiger partial charge in [0.05, 0.1) is 12.5 Å². The minimum absolute atomic E-state index is 0.370. The molecule has 0 unspecified atom stereocenters. The van der Waals surface area contributed by atoms with Crippen molar-refractivity contribution in [1.82, 2.24) is 0 Å². The van der Waals surface area contributed by atoms with Crippen molar-refractivity contribution in [2.45, 2.75) is 46.0 Å². The summed E-state index contributed by atoms with van der Waals surface area (Å²) in [6, 6.07) is 6.03. The number of alkyl halides is 1. The second-order valence-electron chi connectivity index (χ2n) is 4.67. The molecule has 1 nitrogen and oxygen atoms in total. The molecule has 0 aliphatic rings. The number of unbranched alkanes of at least 4 members (excludes halogenated alkanes) is 4. The van der Waals surface area contributed by atoms with Crippen molar-refractivity contribution in [3.05, 3.63) is 29.3 Å². The molecule has 0 aliphatic heterocycles. The van der Waals surface area contributed by atoms with Gasteiger partial charge in [0.25, 0.3) is 0 Å². The standard InChI is InChI=1S/C17H23ClO/c1-3-4-5-6-7-13-19-17-11-10-16(9-8-12-18)15(2)14-17/h10-11,14H,3-7,12-13H2,1-2H3. The molecule has 2 heteroatoms. The predicted octanol–water partition coefficient (Wildman–Crippen LogP) is 4.93. The molecule has 0 N–H and O–H groups in total. The molecule has 0 atom stereocenters. The van der Waals surface area contributed by atoms with Gasteiger partial charge >= 0.3 is 0 Å². The van der Waals surface area contributed by atoms with E-state index in [1.807, 2.05) is 25.1 Å². The SMILES string of the molecule is CCCCCCCOc1ccc(C#CCCl)c(C)c1. The lowest BCUT2D eigenvalue weighted by atomic mass is 10.1. The van der Waals surface area contributed by atoms with E-state index in [0.29, 0.717) is 5.88 Å². The maximum absolute atomic E-state index is 5.75. The van der Waals surface area contributed by atoms with Crippen LogP contribution in [0.3, 0.4) is 0 Å². The molecule has 0 fully saturated rings. The van der Waals surface area contributed by atoms with E-state index in [2.05, 4.69) is 18.8 Å². The lowest BCUT2D eigenvalue weighted by Crippen LogP contribution is -1.98. The molecule has 104 valence electrons. The lowest BCUT2D eigenvalue weighted by Gasteiger charge is -2.07. The van der Waals surface area contributed by atoms with Crippen LogP contribution in [0.1, 0.15) is 50.2 Å². The van der Waals surface area contributed by atoms with E-state index >= 15 is 0 Å². The highest BCUT2D eigenvalue weighted by molar-refractivity contribution is 6.19. The molecule has 0 saturated heterocycles. The summed E-state index contributed by atoms with van der Waals surface area (Å²) in [5, 5.41) is 0. The van der Waals surface area contributed by atoms with Gasteiger partial charge in [0.2, 0.25) is 0 Å². The fourth-order valence-corrected chi connectivity index (χ4v) is 1.96. The fourth-order valence-electron chi connectivity index (χ4n) is 1.89. The van der Waals surface area contributed by atoms with Crippen molar-refractivity contribution in [3.8, 4) is 17.6 Å². The Bertz CT molecular complexity index is 429. The molecule has 0 amide bonds. The van der Waals surface area contributed by atoms with Gasteiger partial charge in [0.1, 0.15) is 5.75 Å². The van der Waals surface area contributed by atoms with Crippen LogP contribution in [0.2, 0.25) is 0 Å². The van der Waals surface area contributed by atoms with Gasteiger partial charge in [0, 0.05) is 5.56 Å². The van der Waals surface area contributed by atoms with Crippen LogP contribution in [-0.4, -0.2) is 12.5 Å². The molecule has 1 aromatic rings. The van der Waals surface area contributed by atoms with Crippen molar-refractivity contribution in [1.29, 1.82) is 0 Å². The van der Waals surface area contributed by atoms with E-state index in [9.17, 15) is 0 Å². The molecule has 0 saturated carbocycles. The first-order valence-electron chi connectivity index (χ1n) is 7.06. The first-order valence-corrected chi connectivity index (χ1v) is 7.59. The number of hydrogen-bond donors (Lipinski definition) is 0. The van der Waals surface area contributed by atoms with Crippen molar-refractivity contribution in [2.75, 3.05) is 12.5 Å². The van der Waals surface area contributed by atoms with Crippen LogP contribution in [0.15, 0.2) is 18.2 Å². The Hall–Kier alpha value is -1.13. The highest BCUT2D eigenvalue weighted by atomic mass is 35.5. The lowest BCUT2D eigenvalue weighted by molar-refractivity contribution is 0.304. The van der Waals surface area contributed by atoms with Gasteiger partial charge in [0.15, 0.2) is 0 Å². The molecule has 1 rings (SSSR count). The van der Waals surface area contributed by atoms with Gasteiger partial charge < -0.3 is 4.74 Å². The van der Waals surface area contributed by atoms with Crippen LogP contribution >= 0.6 is 11.6 Å². The minimum atomic E-state index is 0.370. The van der Waals surface area contributed by atoms with E-state index in [0.717, 1.165) is 29.9 Å². The molecule has 0 heterocycles. The number of benzene rings is 1. The normalized spacial score (nSPS) is 9.84. The quantitative estimate of drug-likeness (QED) is 0.390. The molecule has 0 aromatic heterocycles. The largest absolute Gasteiger partial charge is 0.494 e.